The normalized spacial score (nSPS) is 11.7. The summed E-state index contributed by atoms with van der Waals surface area (Å²) in [5.41, 5.74) is 1.27. The Hall–Kier alpha value is -2.51. The highest BCUT2D eigenvalue weighted by molar-refractivity contribution is 7.98. The molecular weight excluding hydrogens is 410 g/mol. The maximum atomic E-state index is 12.6. The van der Waals surface area contributed by atoms with Crippen LogP contribution in [-0.4, -0.2) is 61.5 Å². The van der Waals surface area contributed by atoms with Crippen molar-refractivity contribution in [1.82, 2.24) is 15.5 Å². The smallest absolute Gasteiger partial charge is 0.258 e. The first-order chi connectivity index (χ1) is 15.1. The molecule has 2 rings (SSSR count). The van der Waals surface area contributed by atoms with E-state index in [2.05, 4.69) is 34.7 Å². The monoisotopic (exact) mass is 443 g/mol. The summed E-state index contributed by atoms with van der Waals surface area (Å²) in [7, 11) is 2.07. The van der Waals surface area contributed by atoms with E-state index in [4.69, 9.17) is 4.74 Å². The standard InChI is InChI=1S/C24H33N3O3S/c1-27(18-20-10-5-3-6-11-20)16-9-15-25-24(29)22(14-17-31-2)26-23(28)19-30-21-12-7-4-8-13-21/h3-8,10-13,22H,9,14-19H2,1-2H3,(H,25,29)(H,26,28). The van der Waals surface area contributed by atoms with Gasteiger partial charge < -0.3 is 20.3 Å². The fourth-order valence-corrected chi connectivity index (χ4v) is 3.54. The SMILES string of the molecule is CSCCC(NC(=O)COc1ccccc1)C(=O)NCCCN(C)Cc1ccccc1. The van der Waals surface area contributed by atoms with Crippen LogP contribution in [0.1, 0.15) is 18.4 Å². The summed E-state index contributed by atoms with van der Waals surface area (Å²) in [5.74, 6) is 0.973. The number of ether oxygens (including phenoxy) is 1. The molecule has 1 unspecified atom stereocenters. The molecule has 0 aliphatic rings. The van der Waals surface area contributed by atoms with Gasteiger partial charge in [-0.1, -0.05) is 48.5 Å². The van der Waals surface area contributed by atoms with Crippen molar-refractivity contribution in [1.29, 1.82) is 0 Å². The molecule has 2 amide bonds. The van der Waals surface area contributed by atoms with Gasteiger partial charge in [0.25, 0.3) is 5.91 Å². The number of para-hydroxylation sites is 1. The van der Waals surface area contributed by atoms with E-state index >= 15 is 0 Å². The molecule has 0 aliphatic carbocycles. The lowest BCUT2D eigenvalue weighted by Gasteiger charge is -2.20. The number of carbonyl (C=O) groups is 2. The van der Waals surface area contributed by atoms with Gasteiger partial charge in [-0.2, -0.15) is 11.8 Å². The molecule has 0 heterocycles. The average Bonchev–Trinajstić information content (AvgIpc) is 2.79. The zero-order valence-electron chi connectivity index (χ0n) is 18.4. The van der Waals surface area contributed by atoms with Gasteiger partial charge in [0.15, 0.2) is 6.61 Å². The molecule has 1 atom stereocenters. The highest BCUT2D eigenvalue weighted by Crippen LogP contribution is 2.08. The quantitative estimate of drug-likeness (QED) is 0.440. The van der Waals surface area contributed by atoms with Gasteiger partial charge >= 0.3 is 0 Å². The van der Waals surface area contributed by atoms with E-state index in [1.54, 1.807) is 23.9 Å². The molecule has 0 aliphatic heterocycles. The molecule has 0 saturated carbocycles. The van der Waals surface area contributed by atoms with Crippen molar-refractivity contribution < 1.29 is 14.3 Å². The molecule has 2 N–H and O–H groups in total. The highest BCUT2D eigenvalue weighted by Gasteiger charge is 2.20. The number of benzene rings is 2. The Labute approximate surface area is 189 Å². The van der Waals surface area contributed by atoms with Crippen LogP contribution >= 0.6 is 11.8 Å². The van der Waals surface area contributed by atoms with Gasteiger partial charge in [0.1, 0.15) is 11.8 Å². The van der Waals surface area contributed by atoms with Crippen molar-refractivity contribution in [3.63, 3.8) is 0 Å². The molecule has 0 bridgehead atoms. The molecule has 7 heteroatoms. The van der Waals surface area contributed by atoms with Crippen LogP contribution < -0.4 is 15.4 Å². The second-order valence-corrected chi connectivity index (χ2v) is 8.36. The highest BCUT2D eigenvalue weighted by atomic mass is 32.2. The van der Waals surface area contributed by atoms with Gasteiger partial charge in [0, 0.05) is 13.1 Å². The van der Waals surface area contributed by atoms with Crippen molar-refractivity contribution >= 4 is 23.6 Å². The molecule has 31 heavy (non-hydrogen) atoms. The first-order valence-corrected chi connectivity index (χ1v) is 11.9. The number of thioether (sulfide) groups is 1. The van der Waals surface area contributed by atoms with E-state index < -0.39 is 6.04 Å². The van der Waals surface area contributed by atoms with Gasteiger partial charge in [0.05, 0.1) is 0 Å². The van der Waals surface area contributed by atoms with Gasteiger partial charge in [-0.05, 0) is 56.1 Å². The molecule has 2 aromatic carbocycles. The summed E-state index contributed by atoms with van der Waals surface area (Å²) in [4.78, 5) is 27.1. The number of nitrogens with zero attached hydrogens (tertiary/aromatic N) is 1. The van der Waals surface area contributed by atoms with Gasteiger partial charge in [0.2, 0.25) is 5.91 Å². The molecule has 0 aromatic heterocycles. The van der Waals surface area contributed by atoms with Crippen LogP contribution in [0, 0.1) is 0 Å². The van der Waals surface area contributed by atoms with Crippen molar-refractivity contribution in [3.8, 4) is 5.75 Å². The predicted octanol–water partition coefficient (Wildman–Crippen LogP) is 2.94. The number of hydrogen-bond acceptors (Lipinski definition) is 5. The van der Waals surface area contributed by atoms with Crippen LogP contribution in [0.15, 0.2) is 60.7 Å². The van der Waals surface area contributed by atoms with Crippen molar-refractivity contribution in [2.75, 3.05) is 38.8 Å². The van der Waals surface area contributed by atoms with Gasteiger partial charge in [-0.25, -0.2) is 0 Å². The van der Waals surface area contributed by atoms with E-state index in [0.717, 1.165) is 25.3 Å². The molecular formula is C24H33N3O3S. The van der Waals surface area contributed by atoms with Gasteiger partial charge in [-0.15, -0.1) is 0 Å². The maximum absolute atomic E-state index is 12.6. The Kier molecular flexibility index (Phi) is 11.6. The van der Waals surface area contributed by atoms with E-state index in [0.29, 0.717) is 18.7 Å². The lowest BCUT2D eigenvalue weighted by Crippen LogP contribution is -2.48. The van der Waals surface area contributed by atoms with Crippen LogP contribution in [0.25, 0.3) is 0 Å². The predicted molar refractivity (Wildman–Crippen MR) is 127 cm³/mol. The largest absolute Gasteiger partial charge is 0.484 e. The van der Waals surface area contributed by atoms with Crippen molar-refractivity contribution in [2.45, 2.75) is 25.4 Å². The Balaban J connectivity index is 1.70. The maximum Gasteiger partial charge on any atom is 0.258 e. The van der Waals surface area contributed by atoms with E-state index in [9.17, 15) is 9.59 Å². The molecule has 2 aromatic rings. The van der Waals surface area contributed by atoms with Crippen molar-refractivity contribution in [3.05, 3.63) is 66.2 Å². The summed E-state index contributed by atoms with van der Waals surface area (Å²) in [5, 5.41) is 5.76. The van der Waals surface area contributed by atoms with E-state index in [1.165, 1.54) is 5.56 Å². The Morgan fingerprint density at radius 1 is 1.06 bits per heavy atom. The van der Waals surface area contributed by atoms with Crippen LogP contribution in [-0.2, 0) is 16.1 Å². The number of rotatable bonds is 14. The first kappa shape index (κ1) is 24.8. The van der Waals surface area contributed by atoms with Crippen LogP contribution in [0.5, 0.6) is 5.75 Å². The minimum absolute atomic E-state index is 0.114. The van der Waals surface area contributed by atoms with Crippen LogP contribution in [0.4, 0.5) is 0 Å². The second kappa shape index (κ2) is 14.5. The number of nitrogens with one attached hydrogen (secondary N) is 2. The van der Waals surface area contributed by atoms with Crippen LogP contribution in [0.2, 0.25) is 0 Å². The molecule has 0 radical (unpaired) electrons. The summed E-state index contributed by atoms with van der Waals surface area (Å²) in [6, 6.07) is 18.9. The lowest BCUT2D eigenvalue weighted by molar-refractivity contribution is -0.130. The minimum Gasteiger partial charge on any atom is -0.484 e. The Bertz CT molecular complexity index is 774. The molecule has 168 valence electrons. The number of carbonyl (C=O) groups excluding carboxylic acids is 2. The lowest BCUT2D eigenvalue weighted by atomic mass is 10.2. The summed E-state index contributed by atoms with van der Waals surface area (Å²) < 4.78 is 5.47. The topological polar surface area (TPSA) is 70.7 Å². The van der Waals surface area contributed by atoms with Crippen LogP contribution in [0.3, 0.4) is 0 Å². The van der Waals surface area contributed by atoms with Gasteiger partial charge in [-0.3, -0.25) is 9.59 Å². The second-order valence-electron chi connectivity index (χ2n) is 7.37. The fraction of sp³-hybridized carbons (Fsp3) is 0.417. The van der Waals surface area contributed by atoms with E-state index in [-0.39, 0.29) is 18.4 Å². The van der Waals surface area contributed by atoms with Crippen molar-refractivity contribution in [2.24, 2.45) is 0 Å². The van der Waals surface area contributed by atoms with E-state index in [1.807, 2.05) is 42.7 Å². The third kappa shape index (κ3) is 10.4. The third-order valence-corrected chi connectivity index (χ3v) is 5.33. The fourth-order valence-electron chi connectivity index (χ4n) is 3.06. The minimum atomic E-state index is -0.554. The zero-order valence-corrected chi connectivity index (χ0v) is 19.2. The average molecular weight is 444 g/mol. The molecule has 0 spiro atoms. The summed E-state index contributed by atoms with van der Waals surface area (Å²) >= 11 is 1.65. The number of amides is 2. The number of hydrogen-bond donors (Lipinski definition) is 2. The third-order valence-electron chi connectivity index (χ3n) is 4.69. The summed E-state index contributed by atoms with van der Waals surface area (Å²) in [6.45, 7) is 2.21. The Morgan fingerprint density at radius 2 is 1.74 bits per heavy atom. The summed E-state index contributed by atoms with van der Waals surface area (Å²) in [6.07, 6.45) is 3.41. The Morgan fingerprint density at radius 3 is 2.42 bits per heavy atom. The molecule has 0 fully saturated rings. The zero-order chi connectivity index (χ0) is 22.3. The first-order valence-electron chi connectivity index (χ1n) is 10.5. The molecule has 6 nitrogen and oxygen atoms in total. The molecule has 0 saturated heterocycles.